The highest BCUT2D eigenvalue weighted by Crippen LogP contribution is 2.28. The number of sulfonamides is 1. The average Bonchev–Trinajstić information content (AvgIpc) is 3.11. The Morgan fingerprint density at radius 1 is 1.10 bits per heavy atom. The lowest BCUT2D eigenvalue weighted by Gasteiger charge is -2.27. The van der Waals surface area contributed by atoms with Gasteiger partial charge in [-0.3, -0.25) is 4.68 Å². The third-order valence-corrected chi connectivity index (χ3v) is 7.77. The van der Waals surface area contributed by atoms with Gasteiger partial charge in [0.1, 0.15) is 0 Å². The maximum atomic E-state index is 12.7. The van der Waals surface area contributed by atoms with Crippen molar-refractivity contribution in [1.29, 1.82) is 0 Å². The van der Waals surface area contributed by atoms with Crippen LogP contribution in [0.15, 0.2) is 35.7 Å². The van der Waals surface area contributed by atoms with Crippen molar-refractivity contribution in [3.63, 3.8) is 0 Å². The lowest BCUT2D eigenvalue weighted by atomic mass is 9.85. The summed E-state index contributed by atoms with van der Waals surface area (Å²) in [5.41, 5.74) is 4.48. The minimum absolute atomic E-state index is 0.0236. The molecule has 0 aliphatic heterocycles. The molecule has 0 saturated heterocycles. The number of aromatic nitrogens is 2. The lowest BCUT2D eigenvalue weighted by Crippen LogP contribution is -2.37. The van der Waals surface area contributed by atoms with Crippen molar-refractivity contribution in [1.82, 2.24) is 14.5 Å². The van der Waals surface area contributed by atoms with E-state index in [0.29, 0.717) is 5.92 Å². The first-order valence-electron chi connectivity index (χ1n) is 11.3. The molecule has 0 bridgehead atoms. The van der Waals surface area contributed by atoms with Gasteiger partial charge in [0.15, 0.2) is 0 Å². The normalized spacial score (nSPS) is 19.1. The molecule has 2 aromatic rings. The van der Waals surface area contributed by atoms with Crippen LogP contribution < -0.4 is 4.72 Å². The van der Waals surface area contributed by atoms with Gasteiger partial charge in [-0.2, -0.15) is 5.10 Å². The van der Waals surface area contributed by atoms with E-state index in [4.69, 9.17) is 5.10 Å². The van der Waals surface area contributed by atoms with Crippen molar-refractivity contribution < 1.29 is 8.42 Å². The van der Waals surface area contributed by atoms with E-state index in [2.05, 4.69) is 21.5 Å². The van der Waals surface area contributed by atoms with Crippen LogP contribution in [0.2, 0.25) is 0 Å². The second-order valence-electron chi connectivity index (χ2n) is 8.81. The first-order valence-corrected chi connectivity index (χ1v) is 12.9. The zero-order valence-corrected chi connectivity index (χ0v) is 18.7. The second kappa shape index (κ2) is 9.48. The molecule has 5 nitrogen and oxygen atoms in total. The van der Waals surface area contributed by atoms with Gasteiger partial charge in [0.25, 0.3) is 0 Å². The highest BCUT2D eigenvalue weighted by Gasteiger charge is 2.24. The largest absolute Gasteiger partial charge is 0.264 e. The van der Waals surface area contributed by atoms with Gasteiger partial charge < -0.3 is 0 Å². The summed E-state index contributed by atoms with van der Waals surface area (Å²) >= 11 is 0. The third kappa shape index (κ3) is 5.22. The molecule has 2 aliphatic rings. The van der Waals surface area contributed by atoms with Crippen LogP contribution >= 0.6 is 0 Å². The summed E-state index contributed by atoms with van der Waals surface area (Å²) in [6, 6.07) is 10.3. The fourth-order valence-electron chi connectivity index (χ4n) is 4.90. The highest BCUT2D eigenvalue weighted by atomic mass is 32.2. The van der Waals surface area contributed by atoms with Crippen molar-refractivity contribution in [2.75, 3.05) is 0 Å². The molecule has 1 aromatic heterocycles. The van der Waals surface area contributed by atoms with Crippen molar-refractivity contribution >= 4 is 16.1 Å². The number of hydrogen-bond acceptors (Lipinski definition) is 3. The lowest BCUT2D eigenvalue weighted by molar-refractivity contribution is 0.303. The maximum absolute atomic E-state index is 12.7. The predicted molar refractivity (Wildman–Crippen MR) is 122 cm³/mol. The van der Waals surface area contributed by atoms with E-state index >= 15 is 0 Å². The molecule has 1 N–H and O–H groups in total. The molecule has 0 amide bonds. The van der Waals surface area contributed by atoms with Gasteiger partial charge in [-0.05, 0) is 63.0 Å². The number of hydrogen-bond donors (Lipinski definition) is 1. The predicted octanol–water partition coefficient (Wildman–Crippen LogP) is 4.67. The Kier molecular flexibility index (Phi) is 6.74. The molecule has 4 rings (SSSR count). The second-order valence-corrected chi connectivity index (χ2v) is 10.4. The van der Waals surface area contributed by atoms with Crippen LogP contribution in [0, 0.1) is 5.92 Å². The molecule has 1 aromatic carbocycles. The molecule has 0 unspecified atom stereocenters. The summed E-state index contributed by atoms with van der Waals surface area (Å²) in [5, 5.41) is 6.11. The van der Waals surface area contributed by atoms with Gasteiger partial charge in [-0.1, -0.05) is 49.6 Å². The Morgan fingerprint density at radius 3 is 2.60 bits per heavy atom. The van der Waals surface area contributed by atoms with Crippen LogP contribution in [0.5, 0.6) is 0 Å². The maximum Gasteiger partial charge on any atom is 0.234 e. The summed E-state index contributed by atoms with van der Waals surface area (Å²) in [6.07, 6.45) is 11.9. The number of nitrogens with zero attached hydrogens (tertiary/aromatic N) is 2. The van der Waals surface area contributed by atoms with Crippen LogP contribution in [0.25, 0.3) is 6.08 Å². The van der Waals surface area contributed by atoms with Crippen molar-refractivity contribution in [3.05, 3.63) is 58.3 Å². The topological polar surface area (TPSA) is 64.0 Å². The summed E-state index contributed by atoms with van der Waals surface area (Å²) in [4.78, 5) is 0. The molecular formula is C24H33N3O2S. The molecule has 162 valence electrons. The van der Waals surface area contributed by atoms with Crippen LogP contribution in [-0.4, -0.2) is 24.2 Å². The van der Waals surface area contributed by atoms with E-state index in [-0.39, 0.29) is 6.04 Å². The molecule has 1 fully saturated rings. The quantitative estimate of drug-likeness (QED) is 0.698. The molecule has 1 atom stereocenters. The molecule has 2 aliphatic carbocycles. The fraction of sp³-hybridized carbons (Fsp3) is 0.542. The molecule has 0 spiro atoms. The van der Waals surface area contributed by atoms with Crippen LogP contribution in [-0.2, 0) is 29.4 Å². The fourth-order valence-corrected chi connectivity index (χ4v) is 6.00. The Hall–Kier alpha value is -1.92. The summed E-state index contributed by atoms with van der Waals surface area (Å²) in [6.45, 7) is 2.72. The summed E-state index contributed by atoms with van der Waals surface area (Å²) in [7, 11) is -3.48. The van der Waals surface area contributed by atoms with Crippen LogP contribution in [0.1, 0.15) is 74.4 Å². The van der Waals surface area contributed by atoms with Crippen molar-refractivity contribution in [3.8, 4) is 0 Å². The Labute approximate surface area is 180 Å². The number of nitrogens with one attached hydrogen (secondary N) is 1. The Morgan fingerprint density at radius 2 is 1.83 bits per heavy atom. The molecule has 30 heavy (non-hydrogen) atoms. The number of fused-ring (bicyclic) bond motifs is 1. The molecular weight excluding hydrogens is 394 g/mol. The smallest absolute Gasteiger partial charge is 0.234 e. The first-order chi connectivity index (χ1) is 14.5. The van der Waals surface area contributed by atoms with E-state index in [1.165, 1.54) is 41.5 Å². The summed E-state index contributed by atoms with van der Waals surface area (Å²) in [5.74, 6) is 0.444. The highest BCUT2D eigenvalue weighted by molar-refractivity contribution is 7.92. The van der Waals surface area contributed by atoms with Gasteiger partial charge in [-0.15, -0.1) is 0 Å². The first kappa shape index (κ1) is 21.3. The standard InChI is InChI=1S/C24H33N3O2S/c1-19(21-12-6-3-7-13-21)26-30(28,29)17-16-23-22-14-8-9-15-24(22)27(25-23)18-20-10-4-2-5-11-20/h2,4-5,10-11,16-17,19,21,26H,3,6-9,12-15,18H2,1H3/b17-16+/t19-/m0/s1. The zero-order chi connectivity index (χ0) is 21.0. The SMILES string of the molecule is C[C@H](NS(=O)(=O)/C=C/c1nn(Cc2ccccc2)c2c1CCCC2)C1CCCCC1. The molecule has 0 radical (unpaired) electrons. The van der Waals surface area contributed by atoms with Crippen LogP contribution in [0.4, 0.5) is 0 Å². The van der Waals surface area contributed by atoms with Gasteiger partial charge >= 0.3 is 0 Å². The van der Waals surface area contributed by atoms with Crippen molar-refractivity contribution in [2.24, 2.45) is 5.92 Å². The molecule has 1 heterocycles. The summed E-state index contributed by atoms with van der Waals surface area (Å²) < 4.78 is 30.3. The van der Waals surface area contributed by atoms with E-state index in [0.717, 1.165) is 50.8 Å². The van der Waals surface area contributed by atoms with E-state index < -0.39 is 10.0 Å². The Balaban J connectivity index is 1.51. The minimum atomic E-state index is -3.48. The van der Waals surface area contributed by atoms with Crippen molar-refractivity contribution in [2.45, 2.75) is 77.3 Å². The van der Waals surface area contributed by atoms with E-state index in [1.54, 1.807) is 6.08 Å². The van der Waals surface area contributed by atoms with Crippen LogP contribution in [0.3, 0.4) is 0 Å². The van der Waals surface area contributed by atoms with Gasteiger partial charge in [0, 0.05) is 22.7 Å². The molecule has 6 heteroatoms. The number of benzene rings is 1. The minimum Gasteiger partial charge on any atom is -0.264 e. The number of rotatable bonds is 7. The van der Waals surface area contributed by atoms with Gasteiger partial charge in [-0.25, -0.2) is 13.1 Å². The average molecular weight is 428 g/mol. The van der Waals surface area contributed by atoms with Gasteiger partial charge in [0.05, 0.1) is 12.2 Å². The van der Waals surface area contributed by atoms with E-state index in [9.17, 15) is 8.42 Å². The zero-order valence-electron chi connectivity index (χ0n) is 17.9. The van der Waals surface area contributed by atoms with Gasteiger partial charge in [0.2, 0.25) is 10.0 Å². The molecule has 1 saturated carbocycles. The Bertz CT molecular complexity index is 973. The van der Waals surface area contributed by atoms with E-state index in [1.807, 2.05) is 25.1 Å². The monoisotopic (exact) mass is 427 g/mol. The third-order valence-electron chi connectivity index (χ3n) is 6.58.